The standard InChI is InChI=1S/C9H20N7/c1-9(2,3)7(11-12-10-4)8-15(5)13-14-16(8)6/h7H,1-6H3,(H,10,11)/q+1. The lowest BCUT2D eigenvalue weighted by Gasteiger charge is -2.26. The minimum absolute atomic E-state index is 0.00111. The van der Waals surface area contributed by atoms with Crippen molar-refractivity contribution in [1.29, 1.82) is 0 Å². The summed E-state index contributed by atoms with van der Waals surface area (Å²) in [5.74, 6) is 0.958. The molecule has 0 aliphatic heterocycles. The highest BCUT2D eigenvalue weighted by atomic mass is 15.6. The monoisotopic (exact) mass is 226 g/mol. The van der Waals surface area contributed by atoms with E-state index in [-0.39, 0.29) is 11.5 Å². The first-order chi connectivity index (χ1) is 7.38. The van der Waals surface area contributed by atoms with Gasteiger partial charge in [0.2, 0.25) is 0 Å². The fourth-order valence-corrected chi connectivity index (χ4v) is 1.55. The second kappa shape index (κ2) is 4.54. The van der Waals surface area contributed by atoms with Crippen LogP contribution in [0.2, 0.25) is 0 Å². The Morgan fingerprint density at radius 2 is 2.06 bits per heavy atom. The summed E-state index contributed by atoms with van der Waals surface area (Å²) in [7, 11) is 5.37. The van der Waals surface area contributed by atoms with Crippen LogP contribution in [0.1, 0.15) is 32.6 Å². The van der Waals surface area contributed by atoms with Crippen molar-refractivity contribution in [3.8, 4) is 0 Å². The van der Waals surface area contributed by atoms with Gasteiger partial charge in [0.15, 0.2) is 5.21 Å². The topological polar surface area (TPSA) is 71.3 Å². The van der Waals surface area contributed by atoms with Gasteiger partial charge >= 0.3 is 0 Å². The lowest BCUT2D eigenvalue weighted by Crippen LogP contribution is -2.44. The fourth-order valence-electron chi connectivity index (χ4n) is 1.55. The molecule has 1 heterocycles. The van der Waals surface area contributed by atoms with Crippen molar-refractivity contribution < 1.29 is 4.68 Å². The van der Waals surface area contributed by atoms with E-state index < -0.39 is 0 Å². The molecule has 0 saturated carbocycles. The van der Waals surface area contributed by atoms with Gasteiger partial charge in [0.05, 0.1) is 21.1 Å². The van der Waals surface area contributed by atoms with Crippen molar-refractivity contribution in [2.75, 3.05) is 7.05 Å². The maximum absolute atomic E-state index is 3.98. The van der Waals surface area contributed by atoms with E-state index in [0.717, 1.165) is 5.82 Å². The van der Waals surface area contributed by atoms with E-state index >= 15 is 0 Å². The van der Waals surface area contributed by atoms with Crippen LogP contribution < -0.4 is 10.1 Å². The molecule has 0 spiro atoms. The third-order valence-electron chi connectivity index (χ3n) is 2.38. The molecule has 0 bridgehead atoms. The number of nitrogens with one attached hydrogen (secondary N) is 1. The molecule has 0 aliphatic rings. The molecule has 1 atom stereocenters. The SMILES string of the molecule is CN=NNC(c1n(C)nn[n+]1C)C(C)(C)C. The molecule has 1 unspecified atom stereocenters. The highest BCUT2D eigenvalue weighted by Crippen LogP contribution is 2.30. The van der Waals surface area contributed by atoms with Gasteiger partial charge < -0.3 is 0 Å². The van der Waals surface area contributed by atoms with Crippen LogP contribution in [0.4, 0.5) is 0 Å². The first-order valence-corrected chi connectivity index (χ1v) is 5.18. The molecule has 0 amide bonds. The van der Waals surface area contributed by atoms with Crippen LogP contribution >= 0.6 is 0 Å². The molecule has 0 saturated heterocycles. The molecule has 90 valence electrons. The van der Waals surface area contributed by atoms with Crippen LogP contribution in [0, 0.1) is 5.41 Å². The quantitative estimate of drug-likeness (QED) is 0.458. The number of tetrazole rings is 1. The van der Waals surface area contributed by atoms with Gasteiger partial charge in [0, 0.05) is 0 Å². The second-order valence-electron chi connectivity index (χ2n) is 4.81. The van der Waals surface area contributed by atoms with Crippen molar-refractivity contribution in [3.63, 3.8) is 0 Å². The average molecular weight is 226 g/mol. The summed E-state index contributed by atoms with van der Waals surface area (Å²) >= 11 is 0. The Labute approximate surface area is 95.5 Å². The van der Waals surface area contributed by atoms with Crippen LogP contribution in [-0.2, 0) is 14.1 Å². The summed E-state index contributed by atoms with van der Waals surface area (Å²) < 4.78 is 3.49. The Hall–Kier alpha value is -1.53. The summed E-state index contributed by atoms with van der Waals surface area (Å²) in [5, 5.41) is 15.5. The number of aryl methyl sites for hydroxylation is 2. The van der Waals surface area contributed by atoms with Crippen LogP contribution in [0.15, 0.2) is 10.3 Å². The number of hydrogen-bond donors (Lipinski definition) is 1. The molecule has 1 aromatic heterocycles. The Bertz CT molecular complexity index is 354. The number of aromatic nitrogens is 4. The third kappa shape index (κ3) is 2.53. The molecule has 0 fully saturated rings. The van der Waals surface area contributed by atoms with E-state index in [2.05, 4.69) is 47.0 Å². The van der Waals surface area contributed by atoms with Gasteiger partial charge in [-0.25, -0.2) is 0 Å². The number of hydrogen-bond acceptors (Lipinski definition) is 4. The van der Waals surface area contributed by atoms with Crippen LogP contribution in [-0.4, -0.2) is 22.2 Å². The molecule has 1 rings (SSSR count). The van der Waals surface area contributed by atoms with E-state index in [0.29, 0.717) is 0 Å². The molecule has 1 N–H and O–H groups in total. The molecular formula is C9H20N7+. The summed E-state index contributed by atoms with van der Waals surface area (Å²) in [5.41, 5.74) is 3.02. The van der Waals surface area contributed by atoms with Gasteiger partial charge in [0.1, 0.15) is 11.3 Å². The number of nitrogens with zero attached hydrogens (tertiary/aromatic N) is 6. The van der Waals surface area contributed by atoms with Crippen LogP contribution in [0.25, 0.3) is 0 Å². The summed E-state index contributed by atoms with van der Waals surface area (Å²) in [6.07, 6.45) is 0. The van der Waals surface area contributed by atoms with E-state index in [1.807, 2.05) is 14.1 Å². The zero-order valence-corrected chi connectivity index (χ0v) is 10.8. The first-order valence-electron chi connectivity index (χ1n) is 5.18. The van der Waals surface area contributed by atoms with Gasteiger partial charge in [-0.05, 0) is 5.41 Å². The molecule has 1 aromatic rings. The van der Waals surface area contributed by atoms with Crippen molar-refractivity contribution in [2.45, 2.75) is 26.8 Å². The smallest absolute Gasteiger partial charge is 0.277 e. The zero-order chi connectivity index (χ0) is 12.3. The van der Waals surface area contributed by atoms with Crippen molar-refractivity contribution >= 4 is 0 Å². The van der Waals surface area contributed by atoms with Crippen LogP contribution in [0.5, 0.6) is 0 Å². The Morgan fingerprint density at radius 1 is 1.44 bits per heavy atom. The predicted octanol–water partition coefficient (Wildman–Crippen LogP) is 0.313. The minimum atomic E-state index is -0.0125. The van der Waals surface area contributed by atoms with Gasteiger partial charge in [-0.2, -0.15) is 5.11 Å². The van der Waals surface area contributed by atoms with Crippen LogP contribution in [0.3, 0.4) is 0 Å². The van der Waals surface area contributed by atoms with Gasteiger partial charge in [-0.15, -0.1) is 4.68 Å². The minimum Gasteiger partial charge on any atom is -0.277 e. The molecule has 0 aliphatic carbocycles. The second-order valence-corrected chi connectivity index (χ2v) is 4.81. The van der Waals surface area contributed by atoms with E-state index in [1.165, 1.54) is 0 Å². The van der Waals surface area contributed by atoms with Gasteiger partial charge in [-0.1, -0.05) is 30.7 Å². The summed E-state index contributed by atoms with van der Waals surface area (Å²) in [6, 6.07) is 0.00111. The lowest BCUT2D eigenvalue weighted by molar-refractivity contribution is -0.740. The molecule has 7 heteroatoms. The Morgan fingerprint density at radius 3 is 2.44 bits per heavy atom. The molecule has 16 heavy (non-hydrogen) atoms. The molecule has 7 nitrogen and oxygen atoms in total. The zero-order valence-electron chi connectivity index (χ0n) is 10.8. The first kappa shape index (κ1) is 12.5. The van der Waals surface area contributed by atoms with Crippen molar-refractivity contribution in [3.05, 3.63) is 5.82 Å². The van der Waals surface area contributed by atoms with E-state index in [1.54, 1.807) is 16.4 Å². The normalized spacial score (nSPS) is 14.4. The number of rotatable bonds is 3. The van der Waals surface area contributed by atoms with Gasteiger partial charge in [0.25, 0.3) is 5.82 Å². The van der Waals surface area contributed by atoms with Crippen molar-refractivity contribution in [1.82, 2.24) is 20.5 Å². The summed E-state index contributed by atoms with van der Waals surface area (Å²) in [6.45, 7) is 6.38. The van der Waals surface area contributed by atoms with E-state index in [9.17, 15) is 0 Å². The third-order valence-corrected chi connectivity index (χ3v) is 2.38. The van der Waals surface area contributed by atoms with E-state index in [4.69, 9.17) is 0 Å². The largest absolute Gasteiger partial charge is 0.281 e. The van der Waals surface area contributed by atoms with Crippen molar-refractivity contribution in [2.24, 2.45) is 29.8 Å². The highest BCUT2D eigenvalue weighted by molar-refractivity contribution is 4.92. The summed E-state index contributed by atoms with van der Waals surface area (Å²) in [4.78, 5) is 0. The highest BCUT2D eigenvalue weighted by Gasteiger charge is 2.35. The Balaban J connectivity index is 3.11. The lowest BCUT2D eigenvalue weighted by atomic mass is 9.86. The molecular weight excluding hydrogens is 206 g/mol. The molecule has 0 aromatic carbocycles. The molecule has 0 radical (unpaired) electrons. The Kier molecular flexibility index (Phi) is 3.56. The predicted molar refractivity (Wildman–Crippen MR) is 58.3 cm³/mol. The maximum Gasteiger partial charge on any atom is 0.281 e. The fraction of sp³-hybridized carbons (Fsp3) is 0.889. The van der Waals surface area contributed by atoms with Gasteiger partial charge in [-0.3, -0.25) is 5.43 Å². The maximum atomic E-state index is 3.98. The average Bonchev–Trinajstić information content (AvgIpc) is 2.47.